The molecule has 9 heteroatoms. The van der Waals surface area contributed by atoms with Crippen LogP contribution in [-0.4, -0.2) is 69.4 Å². The van der Waals surface area contributed by atoms with E-state index < -0.39 is 44.6 Å². The van der Waals surface area contributed by atoms with Crippen LogP contribution in [0.1, 0.15) is 79.1 Å². The summed E-state index contributed by atoms with van der Waals surface area (Å²) in [5, 5.41) is 19.9. The van der Waals surface area contributed by atoms with E-state index in [1.165, 1.54) is 0 Å². The van der Waals surface area contributed by atoms with Crippen LogP contribution >= 0.6 is 0 Å². The molecule has 156 valence electrons. The van der Waals surface area contributed by atoms with Crippen LogP contribution in [0.2, 0.25) is 0 Å². The first-order valence-electron chi connectivity index (χ1n) is 9.49. The molecule has 0 saturated carbocycles. The summed E-state index contributed by atoms with van der Waals surface area (Å²) < 4.78 is 32.2. The van der Waals surface area contributed by atoms with Crippen LogP contribution in [0.15, 0.2) is 0 Å². The van der Waals surface area contributed by atoms with E-state index in [4.69, 9.17) is 0 Å². The van der Waals surface area contributed by atoms with Crippen molar-refractivity contribution in [2.24, 2.45) is 17.8 Å². The minimum atomic E-state index is -5.18. The van der Waals surface area contributed by atoms with Gasteiger partial charge in [-0.15, -0.1) is 0 Å². The summed E-state index contributed by atoms with van der Waals surface area (Å²) >= 11 is 0. The first-order chi connectivity index (χ1) is 12.1. The van der Waals surface area contributed by atoms with E-state index >= 15 is 0 Å². The number of hydrogen-bond acceptors (Lipinski definition) is 4. The molecule has 0 spiro atoms. The minimum absolute atomic E-state index is 0. The molecule has 0 aliphatic carbocycles. The third kappa shape index (κ3) is 6.70. The van der Waals surface area contributed by atoms with E-state index in [0.29, 0.717) is 38.5 Å². The molecular formula is C18H35NaO7S. The van der Waals surface area contributed by atoms with Crippen molar-refractivity contribution < 1.29 is 32.8 Å². The molecule has 7 nitrogen and oxygen atoms in total. The summed E-state index contributed by atoms with van der Waals surface area (Å²) in [4.78, 5) is 24.5. The number of carboxylic acids is 2. The first-order valence-corrected chi connectivity index (χ1v) is 10.9. The zero-order valence-corrected chi connectivity index (χ0v) is 17.1. The fourth-order valence-electron chi connectivity index (χ4n) is 4.27. The number of carbonyl (C=O) groups is 2. The van der Waals surface area contributed by atoms with E-state index in [2.05, 4.69) is 0 Å². The topological polar surface area (TPSA) is 129 Å². The first kappa shape index (κ1) is 29.1. The zero-order valence-electron chi connectivity index (χ0n) is 16.3. The standard InChI is InChI=1S/C18H34O7S.Na.H/c1-5-9-13(10-6-2)15(16(19)20)18(17(21)22,26(23,24)25)14(11-7-3)12-8-4;;/h13-15H,5-12H2,1-4H3,(H,19,20)(H,21,22)(H,23,24,25);;. The fraction of sp³-hybridized carbons (Fsp3) is 0.889. The van der Waals surface area contributed by atoms with Gasteiger partial charge in [0.2, 0.25) is 4.75 Å². The Hall–Kier alpha value is -0.150. The predicted molar refractivity (Wildman–Crippen MR) is 107 cm³/mol. The van der Waals surface area contributed by atoms with Gasteiger partial charge in [0.1, 0.15) is 0 Å². The van der Waals surface area contributed by atoms with Gasteiger partial charge in [-0.1, -0.05) is 53.4 Å². The van der Waals surface area contributed by atoms with Gasteiger partial charge in [-0.25, -0.2) is 0 Å². The third-order valence-electron chi connectivity index (χ3n) is 5.16. The zero-order chi connectivity index (χ0) is 20.5. The molecule has 3 N–H and O–H groups in total. The molecule has 0 aromatic heterocycles. The molecule has 0 heterocycles. The molecule has 27 heavy (non-hydrogen) atoms. The monoisotopic (exact) mass is 418 g/mol. The van der Waals surface area contributed by atoms with E-state index in [-0.39, 0.29) is 42.4 Å². The summed E-state index contributed by atoms with van der Waals surface area (Å²) in [7, 11) is -5.18. The average Bonchev–Trinajstić information content (AvgIpc) is 2.50. The molecule has 0 aromatic carbocycles. The maximum atomic E-state index is 12.5. The normalized spacial score (nSPS) is 15.2. The Bertz CT molecular complexity index is 552. The fourth-order valence-corrected chi connectivity index (χ4v) is 5.76. The molecular weight excluding hydrogens is 383 g/mol. The van der Waals surface area contributed by atoms with Crippen molar-refractivity contribution in [3.8, 4) is 0 Å². The maximum absolute atomic E-state index is 12.5. The van der Waals surface area contributed by atoms with Gasteiger partial charge in [0.05, 0.1) is 5.92 Å². The number of carboxylic acid groups (broad SMARTS) is 2. The van der Waals surface area contributed by atoms with E-state index in [1.807, 2.05) is 13.8 Å². The SMILES string of the molecule is CCCC(CCC)C(C(=O)O)C(C(=O)O)(C(CCC)CCC)S(=O)(=O)O.[NaH]. The van der Waals surface area contributed by atoms with Gasteiger partial charge in [0.15, 0.2) is 0 Å². The van der Waals surface area contributed by atoms with Crippen LogP contribution in [0.25, 0.3) is 0 Å². The van der Waals surface area contributed by atoms with Crippen LogP contribution < -0.4 is 0 Å². The molecule has 2 atom stereocenters. The third-order valence-corrected chi connectivity index (χ3v) is 6.78. The van der Waals surface area contributed by atoms with Crippen molar-refractivity contribution in [1.82, 2.24) is 0 Å². The van der Waals surface area contributed by atoms with Crippen molar-refractivity contribution >= 4 is 51.6 Å². The summed E-state index contributed by atoms with van der Waals surface area (Å²) in [5.74, 6) is -6.55. The van der Waals surface area contributed by atoms with Gasteiger partial charge in [-0.3, -0.25) is 14.1 Å². The van der Waals surface area contributed by atoms with Gasteiger partial charge < -0.3 is 10.2 Å². The second kappa shape index (κ2) is 13.1. The quantitative estimate of drug-likeness (QED) is 0.292. The molecule has 0 rings (SSSR count). The molecule has 0 amide bonds. The Morgan fingerprint density at radius 2 is 1.22 bits per heavy atom. The molecule has 0 aromatic rings. The van der Waals surface area contributed by atoms with Crippen LogP contribution in [-0.2, 0) is 19.7 Å². The number of rotatable bonds is 14. The molecule has 0 aliphatic heterocycles. The predicted octanol–water partition coefficient (Wildman–Crippen LogP) is 3.18. The van der Waals surface area contributed by atoms with Crippen molar-refractivity contribution in [3.05, 3.63) is 0 Å². The van der Waals surface area contributed by atoms with E-state index in [9.17, 15) is 32.8 Å². The van der Waals surface area contributed by atoms with Gasteiger partial charge in [-0.05, 0) is 37.5 Å². The van der Waals surface area contributed by atoms with Gasteiger partial charge >= 0.3 is 41.5 Å². The summed E-state index contributed by atoms with van der Waals surface area (Å²) in [6, 6.07) is 0. The Morgan fingerprint density at radius 3 is 1.44 bits per heavy atom. The van der Waals surface area contributed by atoms with Crippen molar-refractivity contribution in [2.45, 2.75) is 83.8 Å². The second-order valence-electron chi connectivity index (χ2n) is 7.00. The summed E-state index contributed by atoms with van der Waals surface area (Å²) in [5.41, 5.74) is 0. The van der Waals surface area contributed by atoms with Gasteiger partial charge in [0, 0.05) is 0 Å². The molecule has 0 fully saturated rings. The Balaban J connectivity index is 0. The van der Waals surface area contributed by atoms with Crippen molar-refractivity contribution in [2.75, 3.05) is 0 Å². The Labute approximate surface area is 185 Å². The van der Waals surface area contributed by atoms with Crippen molar-refractivity contribution in [3.63, 3.8) is 0 Å². The van der Waals surface area contributed by atoms with Crippen LogP contribution in [0.4, 0.5) is 0 Å². The van der Waals surface area contributed by atoms with Crippen LogP contribution in [0.5, 0.6) is 0 Å². The number of hydrogen-bond donors (Lipinski definition) is 3. The van der Waals surface area contributed by atoms with Gasteiger partial charge in [0.25, 0.3) is 10.1 Å². The summed E-state index contributed by atoms with van der Waals surface area (Å²) in [6.45, 7) is 7.25. The second-order valence-corrected chi connectivity index (χ2v) is 8.63. The molecule has 2 unspecified atom stereocenters. The average molecular weight is 419 g/mol. The molecule has 0 aliphatic rings. The summed E-state index contributed by atoms with van der Waals surface area (Å²) in [6.07, 6.45) is 3.40. The van der Waals surface area contributed by atoms with Crippen LogP contribution in [0.3, 0.4) is 0 Å². The number of aliphatic carboxylic acids is 2. The van der Waals surface area contributed by atoms with E-state index in [1.54, 1.807) is 13.8 Å². The van der Waals surface area contributed by atoms with E-state index in [0.717, 1.165) is 0 Å². The molecule has 0 radical (unpaired) electrons. The Kier molecular flexibility index (Phi) is 14.1. The van der Waals surface area contributed by atoms with Gasteiger partial charge in [-0.2, -0.15) is 8.42 Å². The molecule has 0 saturated heterocycles. The molecule has 0 bridgehead atoms. The van der Waals surface area contributed by atoms with Crippen LogP contribution in [0, 0.1) is 17.8 Å². The Morgan fingerprint density at radius 1 is 0.852 bits per heavy atom. The van der Waals surface area contributed by atoms with Crippen molar-refractivity contribution in [1.29, 1.82) is 0 Å².